The van der Waals surface area contributed by atoms with Crippen LogP contribution in [0, 0.1) is 5.82 Å². The molecular formula is C18H16FNO3S. The van der Waals surface area contributed by atoms with Crippen LogP contribution in [0.2, 0.25) is 0 Å². The van der Waals surface area contributed by atoms with Gasteiger partial charge in [-0.2, -0.15) is 0 Å². The Morgan fingerprint density at radius 1 is 0.958 bits per heavy atom. The van der Waals surface area contributed by atoms with Gasteiger partial charge in [0.05, 0.1) is 11.0 Å². The van der Waals surface area contributed by atoms with Crippen molar-refractivity contribution in [2.75, 3.05) is 6.54 Å². The van der Waals surface area contributed by atoms with Gasteiger partial charge in [0.1, 0.15) is 5.82 Å². The number of nitrogens with one attached hydrogen (secondary N) is 1. The van der Waals surface area contributed by atoms with Crippen molar-refractivity contribution in [2.24, 2.45) is 0 Å². The molecule has 0 saturated heterocycles. The average Bonchev–Trinajstić information content (AvgIpc) is 2.59. The van der Waals surface area contributed by atoms with Crippen molar-refractivity contribution in [1.82, 2.24) is 4.72 Å². The van der Waals surface area contributed by atoms with Gasteiger partial charge in [0.15, 0.2) is 0 Å². The van der Waals surface area contributed by atoms with Gasteiger partial charge in [-0.15, -0.1) is 0 Å². The van der Waals surface area contributed by atoms with Gasteiger partial charge in [0.25, 0.3) is 0 Å². The van der Waals surface area contributed by atoms with Crippen LogP contribution in [-0.4, -0.2) is 20.1 Å². The minimum Gasteiger partial charge on any atom is -0.387 e. The van der Waals surface area contributed by atoms with Crippen molar-refractivity contribution in [3.05, 3.63) is 78.1 Å². The third-order valence-electron chi connectivity index (χ3n) is 3.77. The summed E-state index contributed by atoms with van der Waals surface area (Å²) >= 11 is 0. The summed E-state index contributed by atoms with van der Waals surface area (Å²) in [6.07, 6.45) is -1.27. The SMILES string of the molecule is O=S(=O)(NCC(O)c1ccccc1F)c1cccc2ccccc12. The van der Waals surface area contributed by atoms with E-state index in [1.54, 1.807) is 24.3 Å². The number of sulfonamides is 1. The molecule has 0 aliphatic heterocycles. The molecule has 6 heteroatoms. The number of aliphatic hydroxyl groups excluding tert-OH is 1. The van der Waals surface area contributed by atoms with Crippen molar-refractivity contribution < 1.29 is 17.9 Å². The van der Waals surface area contributed by atoms with Crippen LogP contribution in [0.25, 0.3) is 10.8 Å². The van der Waals surface area contributed by atoms with Gasteiger partial charge in [-0.3, -0.25) is 0 Å². The molecule has 24 heavy (non-hydrogen) atoms. The molecule has 3 rings (SSSR count). The van der Waals surface area contributed by atoms with Crippen LogP contribution in [0.3, 0.4) is 0 Å². The predicted molar refractivity (Wildman–Crippen MR) is 90.5 cm³/mol. The van der Waals surface area contributed by atoms with Gasteiger partial charge in [-0.05, 0) is 17.5 Å². The molecule has 0 radical (unpaired) electrons. The second kappa shape index (κ2) is 6.68. The Kier molecular flexibility index (Phi) is 4.62. The highest BCUT2D eigenvalue weighted by atomic mass is 32.2. The Bertz CT molecular complexity index is 967. The maximum absolute atomic E-state index is 13.7. The molecule has 4 nitrogen and oxygen atoms in total. The van der Waals surface area contributed by atoms with E-state index in [2.05, 4.69) is 4.72 Å². The van der Waals surface area contributed by atoms with E-state index in [-0.39, 0.29) is 17.0 Å². The molecule has 0 bridgehead atoms. The number of hydrogen-bond donors (Lipinski definition) is 2. The number of benzene rings is 3. The molecule has 0 aliphatic carbocycles. The Morgan fingerprint density at radius 3 is 2.42 bits per heavy atom. The smallest absolute Gasteiger partial charge is 0.241 e. The highest BCUT2D eigenvalue weighted by molar-refractivity contribution is 7.89. The summed E-state index contributed by atoms with van der Waals surface area (Å²) in [5.41, 5.74) is 0.0538. The summed E-state index contributed by atoms with van der Waals surface area (Å²) in [6.45, 7) is -0.313. The fourth-order valence-corrected chi connectivity index (χ4v) is 3.82. The molecule has 0 aromatic heterocycles. The van der Waals surface area contributed by atoms with E-state index in [4.69, 9.17) is 0 Å². The molecule has 1 unspecified atom stereocenters. The summed E-state index contributed by atoms with van der Waals surface area (Å²) in [4.78, 5) is 0.126. The Balaban J connectivity index is 1.85. The first kappa shape index (κ1) is 16.6. The number of rotatable bonds is 5. The Hall–Kier alpha value is -2.28. The lowest BCUT2D eigenvalue weighted by atomic mass is 10.1. The van der Waals surface area contributed by atoms with E-state index < -0.39 is 21.9 Å². The average molecular weight is 345 g/mol. The van der Waals surface area contributed by atoms with Crippen LogP contribution in [-0.2, 0) is 10.0 Å². The van der Waals surface area contributed by atoms with E-state index in [9.17, 15) is 17.9 Å². The lowest BCUT2D eigenvalue weighted by Gasteiger charge is -2.14. The van der Waals surface area contributed by atoms with Gasteiger partial charge in [0.2, 0.25) is 10.0 Å². The minimum absolute atomic E-state index is 0.0538. The largest absolute Gasteiger partial charge is 0.387 e. The zero-order chi connectivity index (χ0) is 17.2. The van der Waals surface area contributed by atoms with Crippen LogP contribution in [0.15, 0.2) is 71.6 Å². The summed E-state index contributed by atoms with van der Waals surface area (Å²) in [6, 6.07) is 17.8. The molecule has 0 spiro atoms. The summed E-state index contributed by atoms with van der Waals surface area (Å²) in [5, 5.41) is 11.4. The summed E-state index contributed by atoms with van der Waals surface area (Å²) in [7, 11) is -3.84. The van der Waals surface area contributed by atoms with Crippen LogP contribution in [0.1, 0.15) is 11.7 Å². The van der Waals surface area contributed by atoms with Crippen molar-refractivity contribution >= 4 is 20.8 Å². The van der Waals surface area contributed by atoms with Crippen molar-refractivity contribution in [3.8, 4) is 0 Å². The fourth-order valence-electron chi connectivity index (χ4n) is 2.55. The number of aliphatic hydroxyl groups is 1. The molecule has 0 saturated carbocycles. The maximum Gasteiger partial charge on any atom is 0.241 e. The molecule has 0 fully saturated rings. The van der Waals surface area contributed by atoms with Crippen LogP contribution in [0.4, 0.5) is 4.39 Å². The number of hydrogen-bond acceptors (Lipinski definition) is 3. The van der Waals surface area contributed by atoms with Crippen molar-refractivity contribution in [3.63, 3.8) is 0 Å². The quantitative estimate of drug-likeness (QED) is 0.747. The maximum atomic E-state index is 13.7. The summed E-state index contributed by atoms with van der Waals surface area (Å²) in [5.74, 6) is -0.575. The molecular weight excluding hydrogens is 329 g/mol. The molecule has 0 amide bonds. The molecule has 0 heterocycles. The number of fused-ring (bicyclic) bond motifs is 1. The molecule has 2 N–H and O–H groups in total. The van der Waals surface area contributed by atoms with Crippen LogP contribution in [0.5, 0.6) is 0 Å². The first-order valence-corrected chi connectivity index (χ1v) is 8.87. The molecule has 124 valence electrons. The second-order valence-corrected chi connectivity index (χ2v) is 7.10. The standard InChI is InChI=1S/C18H16FNO3S/c19-16-10-4-3-9-15(16)17(21)12-20-24(22,23)18-11-5-7-13-6-1-2-8-14(13)18/h1-11,17,20-21H,12H2. The van der Waals surface area contributed by atoms with Crippen molar-refractivity contribution in [1.29, 1.82) is 0 Å². The zero-order valence-electron chi connectivity index (χ0n) is 12.7. The van der Waals surface area contributed by atoms with Gasteiger partial charge < -0.3 is 5.11 Å². The Morgan fingerprint density at radius 2 is 1.62 bits per heavy atom. The first-order chi connectivity index (χ1) is 11.5. The predicted octanol–water partition coefficient (Wildman–Crippen LogP) is 2.99. The Labute approximate surface area is 139 Å². The number of halogens is 1. The third kappa shape index (κ3) is 3.31. The zero-order valence-corrected chi connectivity index (χ0v) is 13.5. The van der Waals surface area contributed by atoms with E-state index in [0.717, 1.165) is 5.39 Å². The topological polar surface area (TPSA) is 66.4 Å². The third-order valence-corrected chi connectivity index (χ3v) is 5.25. The van der Waals surface area contributed by atoms with E-state index in [0.29, 0.717) is 5.39 Å². The normalized spacial score (nSPS) is 13.1. The molecule has 0 aliphatic rings. The van der Waals surface area contributed by atoms with E-state index >= 15 is 0 Å². The second-order valence-electron chi connectivity index (χ2n) is 5.37. The molecule has 3 aromatic carbocycles. The fraction of sp³-hybridized carbons (Fsp3) is 0.111. The highest BCUT2D eigenvalue weighted by Crippen LogP contribution is 2.23. The van der Waals surface area contributed by atoms with Crippen LogP contribution < -0.4 is 4.72 Å². The van der Waals surface area contributed by atoms with Crippen molar-refractivity contribution in [2.45, 2.75) is 11.0 Å². The summed E-state index contributed by atoms with van der Waals surface area (Å²) < 4.78 is 41.1. The van der Waals surface area contributed by atoms with Crippen LogP contribution >= 0.6 is 0 Å². The monoisotopic (exact) mass is 345 g/mol. The van der Waals surface area contributed by atoms with Gasteiger partial charge in [-0.25, -0.2) is 17.5 Å². The minimum atomic E-state index is -3.84. The van der Waals surface area contributed by atoms with E-state index in [1.807, 2.05) is 18.2 Å². The van der Waals surface area contributed by atoms with E-state index in [1.165, 1.54) is 24.3 Å². The molecule has 1 atom stereocenters. The first-order valence-electron chi connectivity index (χ1n) is 7.39. The van der Waals surface area contributed by atoms with Gasteiger partial charge >= 0.3 is 0 Å². The molecule has 3 aromatic rings. The van der Waals surface area contributed by atoms with Gasteiger partial charge in [0, 0.05) is 17.5 Å². The lowest BCUT2D eigenvalue weighted by Crippen LogP contribution is -2.29. The lowest BCUT2D eigenvalue weighted by molar-refractivity contribution is 0.177. The van der Waals surface area contributed by atoms with Gasteiger partial charge in [-0.1, -0.05) is 54.6 Å². The highest BCUT2D eigenvalue weighted by Gasteiger charge is 2.20.